The van der Waals surface area contributed by atoms with Crippen molar-refractivity contribution in [3.63, 3.8) is 0 Å². The first-order valence-electron chi connectivity index (χ1n) is 5.12. The van der Waals surface area contributed by atoms with Gasteiger partial charge < -0.3 is 5.73 Å². The van der Waals surface area contributed by atoms with Crippen molar-refractivity contribution < 1.29 is 0 Å². The fraction of sp³-hybridized carbons (Fsp3) is 0.250. The molecule has 84 valence electrons. The molecule has 1 aromatic heterocycles. The van der Waals surface area contributed by atoms with Gasteiger partial charge >= 0.3 is 0 Å². The topological polar surface area (TPSA) is 38.9 Å². The number of hydrogen-bond acceptors (Lipinski definition) is 4. The Hall–Kier alpha value is -0.840. The highest BCUT2D eigenvalue weighted by molar-refractivity contribution is 7.98. The maximum atomic E-state index is 5.80. The van der Waals surface area contributed by atoms with Gasteiger partial charge in [-0.2, -0.15) is 0 Å². The number of aromatic nitrogens is 1. The van der Waals surface area contributed by atoms with Crippen LogP contribution < -0.4 is 5.73 Å². The smallest absolute Gasteiger partial charge is 0.103 e. The van der Waals surface area contributed by atoms with Gasteiger partial charge in [0.15, 0.2) is 0 Å². The fourth-order valence-corrected chi connectivity index (χ4v) is 2.88. The molecule has 1 heterocycles. The van der Waals surface area contributed by atoms with Crippen LogP contribution in [-0.2, 0) is 5.75 Å². The first kappa shape index (κ1) is 11.6. The molecule has 0 saturated carbocycles. The molecule has 4 heteroatoms. The molecule has 0 aliphatic heterocycles. The molecular weight excluding hydrogens is 236 g/mol. The molecule has 16 heavy (non-hydrogen) atoms. The third kappa shape index (κ3) is 3.07. The van der Waals surface area contributed by atoms with Crippen LogP contribution in [0.3, 0.4) is 0 Å². The molecule has 2 aromatic rings. The maximum absolute atomic E-state index is 5.80. The molecule has 2 rings (SSSR count). The number of benzene rings is 1. The number of rotatable bonds is 4. The summed E-state index contributed by atoms with van der Waals surface area (Å²) in [7, 11) is 0. The van der Waals surface area contributed by atoms with Crippen LogP contribution in [0.15, 0.2) is 40.7 Å². The van der Waals surface area contributed by atoms with Gasteiger partial charge in [0.05, 0.1) is 5.75 Å². The van der Waals surface area contributed by atoms with Crippen LogP contribution in [0.25, 0.3) is 0 Å². The lowest BCUT2D eigenvalue weighted by atomic mass is 10.1. The molecule has 1 atom stereocenters. The number of nitrogens with two attached hydrogens (primary N) is 1. The summed E-state index contributed by atoms with van der Waals surface area (Å²) in [6, 6.07) is 8.54. The Morgan fingerprint density at radius 2 is 2.12 bits per heavy atom. The van der Waals surface area contributed by atoms with E-state index < -0.39 is 0 Å². The van der Waals surface area contributed by atoms with E-state index >= 15 is 0 Å². The lowest BCUT2D eigenvalue weighted by Crippen LogP contribution is -2.04. The van der Waals surface area contributed by atoms with Crippen LogP contribution in [0, 0.1) is 0 Å². The van der Waals surface area contributed by atoms with Gasteiger partial charge in [0, 0.05) is 22.5 Å². The SMILES string of the molecule is CC(N)c1ccc(SCc2nccs2)cc1. The number of thiazole rings is 1. The summed E-state index contributed by atoms with van der Waals surface area (Å²) in [4.78, 5) is 5.52. The van der Waals surface area contributed by atoms with Crippen LogP contribution in [0.5, 0.6) is 0 Å². The van der Waals surface area contributed by atoms with Crippen molar-refractivity contribution in [2.24, 2.45) is 5.73 Å². The standard InChI is InChI=1S/C12H14N2S2/c1-9(13)10-2-4-11(5-3-10)16-8-12-14-6-7-15-12/h2-7,9H,8,13H2,1H3. The summed E-state index contributed by atoms with van der Waals surface area (Å²) in [6.07, 6.45) is 1.85. The van der Waals surface area contributed by atoms with Crippen LogP contribution in [0.4, 0.5) is 0 Å². The van der Waals surface area contributed by atoms with Crippen LogP contribution in [0.2, 0.25) is 0 Å². The van der Waals surface area contributed by atoms with Crippen molar-refractivity contribution in [2.75, 3.05) is 0 Å². The maximum Gasteiger partial charge on any atom is 0.103 e. The molecule has 1 unspecified atom stereocenters. The van der Waals surface area contributed by atoms with Crippen LogP contribution in [-0.4, -0.2) is 4.98 Å². The first-order chi connectivity index (χ1) is 7.75. The zero-order valence-corrected chi connectivity index (χ0v) is 10.7. The average Bonchev–Trinajstić information content (AvgIpc) is 2.80. The van der Waals surface area contributed by atoms with Crippen LogP contribution in [0.1, 0.15) is 23.5 Å². The highest BCUT2D eigenvalue weighted by Gasteiger charge is 2.01. The third-order valence-electron chi connectivity index (χ3n) is 2.25. The van der Waals surface area contributed by atoms with E-state index in [0.717, 1.165) is 5.75 Å². The molecule has 0 radical (unpaired) electrons. The van der Waals surface area contributed by atoms with Crippen molar-refractivity contribution in [3.05, 3.63) is 46.4 Å². The Balaban J connectivity index is 1.95. The molecule has 2 nitrogen and oxygen atoms in total. The molecule has 0 saturated heterocycles. The molecule has 0 bridgehead atoms. The quantitative estimate of drug-likeness (QED) is 0.845. The minimum absolute atomic E-state index is 0.109. The summed E-state index contributed by atoms with van der Waals surface area (Å²) in [5, 5.41) is 3.18. The fourth-order valence-electron chi connectivity index (χ4n) is 1.34. The van der Waals surface area contributed by atoms with Gasteiger partial charge in [-0.05, 0) is 24.6 Å². The van der Waals surface area contributed by atoms with E-state index in [9.17, 15) is 0 Å². The second-order valence-electron chi connectivity index (χ2n) is 3.57. The van der Waals surface area contributed by atoms with Crippen molar-refractivity contribution in [3.8, 4) is 0 Å². The van der Waals surface area contributed by atoms with Gasteiger partial charge in [0.2, 0.25) is 0 Å². The molecule has 0 amide bonds. The highest BCUT2D eigenvalue weighted by atomic mass is 32.2. The number of thioether (sulfide) groups is 1. The highest BCUT2D eigenvalue weighted by Crippen LogP contribution is 2.24. The summed E-state index contributed by atoms with van der Waals surface area (Å²) in [5.41, 5.74) is 6.98. The zero-order valence-electron chi connectivity index (χ0n) is 9.09. The Morgan fingerprint density at radius 1 is 1.38 bits per heavy atom. The Morgan fingerprint density at radius 3 is 2.69 bits per heavy atom. The Labute approximate surface area is 104 Å². The Bertz CT molecular complexity index is 421. The van der Waals surface area contributed by atoms with E-state index in [-0.39, 0.29) is 6.04 Å². The number of nitrogens with zero attached hydrogens (tertiary/aromatic N) is 1. The van der Waals surface area contributed by atoms with Crippen molar-refractivity contribution >= 4 is 23.1 Å². The van der Waals surface area contributed by atoms with E-state index in [1.807, 2.05) is 18.5 Å². The van der Waals surface area contributed by atoms with E-state index in [2.05, 4.69) is 29.2 Å². The second kappa shape index (κ2) is 5.48. The molecule has 0 aliphatic carbocycles. The first-order valence-corrected chi connectivity index (χ1v) is 6.99. The molecule has 0 spiro atoms. The summed E-state index contributed by atoms with van der Waals surface area (Å²) >= 11 is 3.50. The van der Waals surface area contributed by atoms with Gasteiger partial charge in [0.25, 0.3) is 0 Å². The van der Waals surface area contributed by atoms with E-state index in [1.54, 1.807) is 23.1 Å². The van der Waals surface area contributed by atoms with Gasteiger partial charge in [-0.25, -0.2) is 4.98 Å². The summed E-state index contributed by atoms with van der Waals surface area (Å²) < 4.78 is 0. The van der Waals surface area contributed by atoms with Crippen molar-refractivity contribution in [2.45, 2.75) is 23.6 Å². The molecule has 0 fully saturated rings. The van der Waals surface area contributed by atoms with Crippen molar-refractivity contribution in [1.29, 1.82) is 0 Å². The monoisotopic (exact) mass is 250 g/mol. The van der Waals surface area contributed by atoms with Gasteiger partial charge in [0.1, 0.15) is 5.01 Å². The minimum Gasteiger partial charge on any atom is -0.324 e. The van der Waals surface area contributed by atoms with E-state index in [0.29, 0.717) is 0 Å². The lowest BCUT2D eigenvalue weighted by molar-refractivity contribution is 0.817. The molecule has 0 aliphatic rings. The second-order valence-corrected chi connectivity index (χ2v) is 5.60. The normalized spacial score (nSPS) is 12.6. The molecular formula is C12H14N2S2. The van der Waals surface area contributed by atoms with Crippen LogP contribution >= 0.6 is 23.1 Å². The Kier molecular flexibility index (Phi) is 3.98. The minimum atomic E-state index is 0.109. The number of hydrogen-bond donors (Lipinski definition) is 1. The summed E-state index contributed by atoms with van der Waals surface area (Å²) in [5.74, 6) is 0.940. The summed E-state index contributed by atoms with van der Waals surface area (Å²) in [6.45, 7) is 2.00. The van der Waals surface area contributed by atoms with Gasteiger partial charge in [-0.1, -0.05) is 12.1 Å². The molecule has 2 N–H and O–H groups in total. The van der Waals surface area contributed by atoms with E-state index in [4.69, 9.17) is 5.73 Å². The molecule has 1 aromatic carbocycles. The van der Waals surface area contributed by atoms with Gasteiger partial charge in [-0.3, -0.25) is 0 Å². The predicted molar refractivity (Wildman–Crippen MR) is 70.7 cm³/mol. The average molecular weight is 250 g/mol. The van der Waals surface area contributed by atoms with Crippen molar-refractivity contribution in [1.82, 2.24) is 4.98 Å². The third-order valence-corrected chi connectivity index (χ3v) is 4.24. The van der Waals surface area contributed by atoms with Gasteiger partial charge in [-0.15, -0.1) is 23.1 Å². The predicted octanol–water partition coefficient (Wildman–Crippen LogP) is 3.46. The van der Waals surface area contributed by atoms with E-state index in [1.165, 1.54) is 15.5 Å². The largest absolute Gasteiger partial charge is 0.324 e. The zero-order chi connectivity index (χ0) is 11.4. The lowest BCUT2D eigenvalue weighted by Gasteiger charge is -2.06.